The van der Waals surface area contributed by atoms with Gasteiger partial charge in [0.1, 0.15) is 5.15 Å². The van der Waals surface area contributed by atoms with Crippen LogP contribution < -0.4 is 0 Å². The number of hydrogen-bond acceptors (Lipinski definition) is 5. The third-order valence-corrected chi connectivity index (χ3v) is 5.67. The Morgan fingerprint density at radius 3 is 2.79 bits per heavy atom. The van der Waals surface area contributed by atoms with Gasteiger partial charge in [0, 0.05) is 66.7 Å². The van der Waals surface area contributed by atoms with Gasteiger partial charge < -0.3 is 0 Å². The van der Waals surface area contributed by atoms with Crippen LogP contribution in [0.25, 0.3) is 22.3 Å². The molecule has 0 unspecified atom stereocenters. The summed E-state index contributed by atoms with van der Waals surface area (Å²) in [5.41, 5.74) is 6.48. The maximum absolute atomic E-state index is 6.50. The highest BCUT2D eigenvalue weighted by Gasteiger charge is 2.20. The second kappa shape index (κ2) is 7.50. The lowest BCUT2D eigenvalue weighted by Gasteiger charge is -2.28. The highest BCUT2D eigenvalue weighted by atomic mass is 35.5. The van der Waals surface area contributed by atoms with Crippen molar-refractivity contribution in [1.29, 1.82) is 0 Å². The standard InChI is InChI=1S/C23H20ClN5/c1-15-2-3-17-11-18(22(24)27-21(17)10-15)13-29-9-6-20-19(14-29)12-26-23(28-20)16-4-7-25-8-5-16/h2-5,7-8,10-12H,6,9,13-14H2,1H3. The van der Waals surface area contributed by atoms with Crippen LogP contribution in [0.1, 0.15) is 22.4 Å². The average Bonchev–Trinajstić information content (AvgIpc) is 2.75. The monoisotopic (exact) mass is 401 g/mol. The molecule has 3 aromatic heterocycles. The summed E-state index contributed by atoms with van der Waals surface area (Å²) in [7, 11) is 0. The van der Waals surface area contributed by atoms with Crippen LogP contribution >= 0.6 is 11.6 Å². The van der Waals surface area contributed by atoms with Crippen molar-refractivity contribution < 1.29 is 0 Å². The fraction of sp³-hybridized carbons (Fsp3) is 0.217. The van der Waals surface area contributed by atoms with Crippen LogP contribution in [0.2, 0.25) is 5.15 Å². The quantitative estimate of drug-likeness (QED) is 0.469. The molecule has 0 fully saturated rings. The lowest BCUT2D eigenvalue weighted by atomic mass is 10.1. The van der Waals surface area contributed by atoms with Gasteiger partial charge in [0.15, 0.2) is 5.82 Å². The summed E-state index contributed by atoms with van der Waals surface area (Å²) < 4.78 is 0. The number of hydrogen-bond donors (Lipinski definition) is 0. The predicted octanol–water partition coefficient (Wildman–Crippen LogP) is 4.61. The van der Waals surface area contributed by atoms with Gasteiger partial charge >= 0.3 is 0 Å². The van der Waals surface area contributed by atoms with Gasteiger partial charge in [-0.2, -0.15) is 0 Å². The van der Waals surface area contributed by atoms with Gasteiger partial charge in [-0.3, -0.25) is 9.88 Å². The molecule has 0 saturated carbocycles. The van der Waals surface area contributed by atoms with Crippen molar-refractivity contribution in [1.82, 2.24) is 24.8 Å². The van der Waals surface area contributed by atoms with Gasteiger partial charge in [-0.05, 0) is 36.8 Å². The smallest absolute Gasteiger partial charge is 0.159 e. The van der Waals surface area contributed by atoms with Crippen LogP contribution in [0, 0.1) is 6.92 Å². The Kier molecular flexibility index (Phi) is 4.70. The highest BCUT2D eigenvalue weighted by molar-refractivity contribution is 6.30. The summed E-state index contributed by atoms with van der Waals surface area (Å²) in [5, 5.41) is 1.70. The first kappa shape index (κ1) is 18.2. The topological polar surface area (TPSA) is 54.8 Å². The second-order valence-corrected chi connectivity index (χ2v) is 7.85. The summed E-state index contributed by atoms with van der Waals surface area (Å²) in [6.07, 6.45) is 6.38. The van der Waals surface area contributed by atoms with Crippen LogP contribution in [0.3, 0.4) is 0 Å². The van der Waals surface area contributed by atoms with Crippen LogP contribution in [-0.2, 0) is 19.5 Å². The number of fused-ring (bicyclic) bond motifs is 2. The molecular formula is C23H20ClN5. The first-order chi connectivity index (χ1) is 14.2. The summed E-state index contributed by atoms with van der Waals surface area (Å²) in [5.74, 6) is 0.761. The van der Waals surface area contributed by atoms with Crippen molar-refractivity contribution in [2.75, 3.05) is 6.54 Å². The van der Waals surface area contributed by atoms with Crippen LogP contribution in [0.15, 0.2) is 55.0 Å². The lowest BCUT2D eigenvalue weighted by Crippen LogP contribution is -2.31. The number of aromatic nitrogens is 4. The van der Waals surface area contributed by atoms with Crippen molar-refractivity contribution in [2.45, 2.75) is 26.4 Å². The number of aryl methyl sites for hydroxylation is 1. The Labute approximate surface area is 174 Å². The van der Waals surface area contributed by atoms with Gasteiger partial charge in [-0.25, -0.2) is 15.0 Å². The third-order valence-electron chi connectivity index (χ3n) is 5.34. The Bertz CT molecular complexity index is 1190. The maximum Gasteiger partial charge on any atom is 0.159 e. The Morgan fingerprint density at radius 2 is 1.93 bits per heavy atom. The Balaban J connectivity index is 1.37. The summed E-state index contributed by atoms with van der Waals surface area (Å²) >= 11 is 6.50. The lowest BCUT2D eigenvalue weighted by molar-refractivity contribution is 0.243. The van der Waals surface area contributed by atoms with Gasteiger partial charge in [0.25, 0.3) is 0 Å². The van der Waals surface area contributed by atoms with Gasteiger partial charge in [-0.1, -0.05) is 23.7 Å². The number of pyridine rings is 2. The van der Waals surface area contributed by atoms with E-state index in [1.165, 1.54) is 11.1 Å². The number of rotatable bonds is 3. The molecule has 29 heavy (non-hydrogen) atoms. The first-order valence-electron chi connectivity index (χ1n) is 9.69. The average molecular weight is 402 g/mol. The van der Waals surface area contributed by atoms with Crippen LogP contribution in [0.4, 0.5) is 0 Å². The molecule has 0 saturated heterocycles. The zero-order valence-corrected chi connectivity index (χ0v) is 16.9. The van der Waals surface area contributed by atoms with Crippen LogP contribution in [0.5, 0.6) is 0 Å². The molecule has 0 radical (unpaired) electrons. The summed E-state index contributed by atoms with van der Waals surface area (Å²) in [4.78, 5) is 20.4. The van der Waals surface area contributed by atoms with Crippen molar-refractivity contribution in [3.8, 4) is 11.4 Å². The molecular weight excluding hydrogens is 382 g/mol. The van der Waals surface area contributed by atoms with Gasteiger partial charge in [-0.15, -0.1) is 0 Å². The molecule has 0 N–H and O–H groups in total. The highest BCUT2D eigenvalue weighted by Crippen LogP contribution is 2.26. The molecule has 0 atom stereocenters. The molecule has 0 bridgehead atoms. The molecule has 6 heteroatoms. The van der Waals surface area contributed by atoms with Crippen LogP contribution in [-0.4, -0.2) is 31.4 Å². The zero-order chi connectivity index (χ0) is 19.8. The molecule has 0 spiro atoms. The van der Waals surface area contributed by atoms with E-state index in [0.717, 1.165) is 59.6 Å². The number of benzene rings is 1. The van der Waals surface area contributed by atoms with Crippen molar-refractivity contribution in [3.05, 3.63) is 82.5 Å². The fourth-order valence-corrected chi connectivity index (χ4v) is 4.00. The van der Waals surface area contributed by atoms with E-state index in [1.807, 2.05) is 18.3 Å². The Hall–Kier alpha value is -2.89. The molecule has 1 aliphatic heterocycles. The van der Waals surface area contributed by atoms with E-state index < -0.39 is 0 Å². The minimum absolute atomic E-state index is 0.582. The van der Waals surface area contributed by atoms with E-state index in [9.17, 15) is 0 Å². The van der Waals surface area contributed by atoms with Crippen molar-refractivity contribution >= 4 is 22.5 Å². The normalized spacial score (nSPS) is 14.1. The first-order valence-corrected chi connectivity index (χ1v) is 10.1. The van der Waals surface area contributed by atoms with Gasteiger partial charge in [0.05, 0.1) is 11.2 Å². The maximum atomic E-state index is 6.50. The van der Waals surface area contributed by atoms with E-state index in [-0.39, 0.29) is 0 Å². The Morgan fingerprint density at radius 1 is 1.07 bits per heavy atom. The largest absolute Gasteiger partial charge is 0.294 e. The SMILES string of the molecule is Cc1ccc2cc(CN3CCc4nc(-c5ccncc5)ncc4C3)c(Cl)nc2c1. The molecule has 1 aliphatic rings. The molecule has 4 aromatic rings. The second-order valence-electron chi connectivity index (χ2n) is 7.50. The number of nitrogens with zero attached hydrogens (tertiary/aromatic N) is 5. The van der Waals surface area contributed by atoms with E-state index in [2.05, 4.69) is 51.0 Å². The zero-order valence-electron chi connectivity index (χ0n) is 16.1. The fourth-order valence-electron chi connectivity index (χ4n) is 3.80. The minimum Gasteiger partial charge on any atom is -0.294 e. The molecule has 4 heterocycles. The molecule has 1 aromatic carbocycles. The van der Waals surface area contributed by atoms with E-state index in [4.69, 9.17) is 16.6 Å². The third kappa shape index (κ3) is 3.71. The predicted molar refractivity (Wildman–Crippen MR) is 115 cm³/mol. The molecule has 0 aliphatic carbocycles. The molecule has 5 nitrogen and oxygen atoms in total. The van der Waals surface area contributed by atoms with Crippen molar-refractivity contribution in [2.24, 2.45) is 0 Å². The van der Waals surface area contributed by atoms with Gasteiger partial charge in [0.2, 0.25) is 0 Å². The number of halogens is 1. The molecule has 5 rings (SSSR count). The molecule has 144 valence electrons. The minimum atomic E-state index is 0.582. The van der Waals surface area contributed by atoms with E-state index >= 15 is 0 Å². The van der Waals surface area contributed by atoms with Crippen molar-refractivity contribution in [3.63, 3.8) is 0 Å². The summed E-state index contributed by atoms with van der Waals surface area (Å²) in [6.45, 7) is 4.58. The summed E-state index contributed by atoms with van der Waals surface area (Å²) in [6, 6.07) is 12.3. The van der Waals surface area contributed by atoms with E-state index in [1.54, 1.807) is 12.4 Å². The van der Waals surface area contributed by atoms with E-state index in [0.29, 0.717) is 5.15 Å². The molecule has 0 amide bonds.